The summed E-state index contributed by atoms with van der Waals surface area (Å²) in [6.45, 7) is 3.52. The fourth-order valence-electron chi connectivity index (χ4n) is 3.83. The van der Waals surface area contributed by atoms with E-state index in [0.29, 0.717) is 6.42 Å². The van der Waals surface area contributed by atoms with Crippen molar-refractivity contribution in [3.63, 3.8) is 0 Å². The molecule has 4 atom stereocenters. The van der Waals surface area contributed by atoms with E-state index in [4.69, 9.17) is 4.74 Å². The largest absolute Gasteiger partial charge is 0.459 e. The molecule has 27 heavy (non-hydrogen) atoms. The molecular weight excluding hydrogens is 344 g/mol. The standard InChI is InChI=1S/C22H40O5/c1-3-4-5-6-7-8-9-10-11-12-13-14-15-21(27-18(2)23)22(26)19(24)16-17-20(22)25/h16-17,19-21,24-26H,3-15H2,1-2H3/t19-,20?,21?,22?/m0/s1. The Morgan fingerprint density at radius 3 is 1.70 bits per heavy atom. The summed E-state index contributed by atoms with van der Waals surface area (Å²) in [5, 5.41) is 30.7. The van der Waals surface area contributed by atoms with Crippen LogP contribution in [0.1, 0.15) is 97.3 Å². The van der Waals surface area contributed by atoms with E-state index in [9.17, 15) is 20.1 Å². The fourth-order valence-corrected chi connectivity index (χ4v) is 3.83. The third-order valence-electron chi connectivity index (χ3n) is 5.57. The Hall–Kier alpha value is -0.910. The third-order valence-corrected chi connectivity index (χ3v) is 5.57. The van der Waals surface area contributed by atoms with E-state index >= 15 is 0 Å². The second-order valence-electron chi connectivity index (χ2n) is 7.94. The maximum Gasteiger partial charge on any atom is 0.303 e. The molecule has 1 aliphatic carbocycles. The summed E-state index contributed by atoms with van der Waals surface area (Å²) < 4.78 is 5.23. The highest BCUT2D eigenvalue weighted by atomic mass is 16.6. The maximum absolute atomic E-state index is 11.4. The van der Waals surface area contributed by atoms with Crippen LogP contribution >= 0.6 is 0 Å². The molecule has 0 fully saturated rings. The summed E-state index contributed by atoms with van der Waals surface area (Å²) in [5.41, 5.74) is -1.84. The van der Waals surface area contributed by atoms with Gasteiger partial charge in [-0.25, -0.2) is 0 Å². The van der Waals surface area contributed by atoms with Gasteiger partial charge in [0, 0.05) is 6.92 Å². The number of carbonyl (C=O) groups is 1. The Balaban J connectivity index is 2.17. The third kappa shape index (κ3) is 8.32. The number of ether oxygens (including phenoxy) is 1. The van der Waals surface area contributed by atoms with Gasteiger partial charge in [0.1, 0.15) is 18.3 Å². The molecule has 0 aromatic carbocycles. The minimum atomic E-state index is -1.84. The highest BCUT2D eigenvalue weighted by Gasteiger charge is 2.52. The van der Waals surface area contributed by atoms with Gasteiger partial charge in [0.25, 0.3) is 0 Å². The van der Waals surface area contributed by atoms with Crippen LogP contribution in [0.2, 0.25) is 0 Å². The zero-order valence-corrected chi connectivity index (χ0v) is 17.2. The average Bonchev–Trinajstić information content (AvgIpc) is 2.89. The predicted octanol–water partition coefficient (Wildman–Crippen LogP) is 4.03. The first-order valence-electron chi connectivity index (χ1n) is 10.9. The summed E-state index contributed by atoms with van der Waals surface area (Å²) in [4.78, 5) is 11.4. The zero-order chi connectivity index (χ0) is 20.1. The molecule has 0 spiro atoms. The van der Waals surface area contributed by atoms with Gasteiger partial charge in [0.2, 0.25) is 0 Å². The highest BCUT2D eigenvalue weighted by Crippen LogP contribution is 2.33. The summed E-state index contributed by atoms with van der Waals surface area (Å²) >= 11 is 0. The number of esters is 1. The van der Waals surface area contributed by atoms with Gasteiger partial charge < -0.3 is 20.1 Å². The summed E-state index contributed by atoms with van der Waals surface area (Å²) in [5.74, 6) is -0.515. The van der Waals surface area contributed by atoms with E-state index in [1.54, 1.807) is 0 Å². The smallest absolute Gasteiger partial charge is 0.303 e. The molecule has 0 aromatic rings. The molecule has 5 nitrogen and oxygen atoms in total. The molecule has 0 aliphatic heterocycles. The van der Waals surface area contributed by atoms with Gasteiger partial charge >= 0.3 is 5.97 Å². The van der Waals surface area contributed by atoms with Crippen molar-refractivity contribution in [3.05, 3.63) is 12.2 Å². The van der Waals surface area contributed by atoms with E-state index in [2.05, 4.69) is 6.92 Å². The van der Waals surface area contributed by atoms with E-state index in [0.717, 1.165) is 19.3 Å². The molecule has 1 rings (SSSR count). The molecule has 3 unspecified atom stereocenters. The van der Waals surface area contributed by atoms with Crippen LogP contribution < -0.4 is 0 Å². The molecule has 0 bridgehead atoms. The van der Waals surface area contributed by atoms with Crippen LogP contribution in [0, 0.1) is 0 Å². The number of hydrogen-bond donors (Lipinski definition) is 3. The van der Waals surface area contributed by atoms with E-state index in [1.165, 1.54) is 76.9 Å². The average molecular weight is 385 g/mol. The molecule has 0 radical (unpaired) electrons. The minimum absolute atomic E-state index is 0.434. The summed E-state index contributed by atoms with van der Waals surface area (Å²) in [6, 6.07) is 0. The van der Waals surface area contributed by atoms with E-state index in [-0.39, 0.29) is 0 Å². The molecule has 0 saturated heterocycles. The van der Waals surface area contributed by atoms with Crippen molar-refractivity contribution in [2.45, 2.75) is 121 Å². The summed E-state index contributed by atoms with van der Waals surface area (Å²) in [6.07, 6.45) is 14.5. The Morgan fingerprint density at radius 1 is 0.889 bits per heavy atom. The molecule has 158 valence electrons. The van der Waals surface area contributed by atoms with Gasteiger partial charge in [0.05, 0.1) is 0 Å². The normalized spacial score (nSPS) is 25.7. The van der Waals surface area contributed by atoms with Crippen molar-refractivity contribution >= 4 is 5.97 Å². The molecule has 0 saturated carbocycles. The molecule has 5 heteroatoms. The number of carbonyl (C=O) groups excluding carboxylic acids is 1. The molecular formula is C22H40O5. The van der Waals surface area contributed by atoms with Gasteiger partial charge in [-0.3, -0.25) is 4.79 Å². The van der Waals surface area contributed by atoms with Crippen molar-refractivity contribution in [1.29, 1.82) is 0 Å². The lowest BCUT2D eigenvalue weighted by Crippen LogP contribution is -2.57. The molecule has 1 aliphatic rings. The fraction of sp³-hybridized carbons (Fsp3) is 0.864. The Kier molecular flexibility index (Phi) is 11.9. The van der Waals surface area contributed by atoms with Gasteiger partial charge in [-0.15, -0.1) is 0 Å². The Bertz CT molecular complexity index is 422. The van der Waals surface area contributed by atoms with Crippen LogP contribution in [0.3, 0.4) is 0 Å². The van der Waals surface area contributed by atoms with Crippen molar-refractivity contribution < 1.29 is 24.9 Å². The monoisotopic (exact) mass is 384 g/mol. The molecule has 3 N–H and O–H groups in total. The molecule has 0 amide bonds. The quantitative estimate of drug-likeness (QED) is 0.225. The summed E-state index contributed by atoms with van der Waals surface area (Å²) in [7, 11) is 0. The number of rotatable bonds is 15. The van der Waals surface area contributed by atoms with Crippen molar-refractivity contribution in [2.24, 2.45) is 0 Å². The van der Waals surface area contributed by atoms with Gasteiger partial charge in [-0.1, -0.05) is 89.7 Å². The van der Waals surface area contributed by atoms with E-state index in [1.807, 2.05) is 0 Å². The lowest BCUT2D eigenvalue weighted by molar-refractivity contribution is -0.193. The van der Waals surface area contributed by atoms with Crippen LogP contribution in [0.4, 0.5) is 0 Å². The lowest BCUT2D eigenvalue weighted by atomic mass is 9.86. The van der Waals surface area contributed by atoms with Crippen LogP contribution in [0.15, 0.2) is 12.2 Å². The Labute approximate surface area is 164 Å². The maximum atomic E-state index is 11.4. The first-order chi connectivity index (χ1) is 12.9. The second-order valence-corrected chi connectivity index (χ2v) is 7.94. The van der Waals surface area contributed by atoms with Crippen molar-refractivity contribution in [3.8, 4) is 0 Å². The van der Waals surface area contributed by atoms with Gasteiger partial charge in [-0.2, -0.15) is 0 Å². The first kappa shape index (κ1) is 24.1. The highest BCUT2D eigenvalue weighted by molar-refractivity contribution is 5.66. The number of aliphatic hydroxyl groups is 3. The van der Waals surface area contributed by atoms with Crippen LogP contribution in [-0.4, -0.2) is 45.2 Å². The zero-order valence-electron chi connectivity index (χ0n) is 17.2. The van der Waals surface area contributed by atoms with Crippen LogP contribution in [-0.2, 0) is 9.53 Å². The molecule has 0 heterocycles. The molecule has 0 aromatic heterocycles. The van der Waals surface area contributed by atoms with Gasteiger partial charge in [-0.05, 0) is 12.8 Å². The SMILES string of the molecule is CCCCCCCCCCCCCCC(OC(C)=O)C1(O)C(O)C=C[C@@H]1O. The number of aliphatic hydroxyl groups excluding tert-OH is 2. The first-order valence-corrected chi connectivity index (χ1v) is 10.9. The van der Waals surface area contributed by atoms with Crippen LogP contribution in [0.25, 0.3) is 0 Å². The topological polar surface area (TPSA) is 87.0 Å². The van der Waals surface area contributed by atoms with Gasteiger partial charge in [0.15, 0.2) is 5.60 Å². The number of hydrogen-bond acceptors (Lipinski definition) is 5. The van der Waals surface area contributed by atoms with E-state index < -0.39 is 29.9 Å². The number of unbranched alkanes of at least 4 members (excludes halogenated alkanes) is 11. The minimum Gasteiger partial charge on any atom is -0.459 e. The lowest BCUT2D eigenvalue weighted by Gasteiger charge is -2.37. The van der Waals surface area contributed by atoms with Crippen molar-refractivity contribution in [1.82, 2.24) is 0 Å². The second kappa shape index (κ2) is 13.3. The Morgan fingerprint density at radius 2 is 1.30 bits per heavy atom. The van der Waals surface area contributed by atoms with Crippen molar-refractivity contribution in [2.75, 3.05) is 0 Å². The van der Waals surface area contributed by atoms with Crippen LogP contribution in [0.5, 0.6) is 0 Å². The predicted molar refractivity (Wildman–Crippen MR) is 107 cm³/mol.